The van der Waals surface area contributed by atoms with Gasteiger partial charge in [-0.3, -0.25) is 4.79 Å². The van der Waals surface area contributed by atoms with Crippen LogP contribution in [-0.4, -0.2) is 40.1 Å². The van der Waals surface area contributed by atoms with Crippen molar-refractivity contribution in [3.63, 3.8) is 0 Å². The van der Waals surface area contributed by atoms with Crippen molar-refractivity contribution in [1.82, 2.24) is 0 Å². The van der Waals surface area contributed by atoms with Crippen molar-refractivity contribution in [2.45, 2.75) is 5.92 Å². The molecule has 2 atom stereocenters. The molecule has 0 saturated carbocycles. The Morgan fingerprint density at radius 2 is 1.79 bits per heavy atom. The zero-order chi connectivity index (χ0) is 14.0. The highest BCUT2D eigenvalue weighted by Gasteiger charge is 2.43. The SMILES string of the molecule is COC(=O)[C@@H]1CS(=O)(=O)C[C@@H]1c1ccc(OC)cc1. The molecule has 0 bridgehead atoms. The largest absolute Gasteiger partial charge is 0.497 e. The Balaban J connectivity index is 2.32. The van der Waals surface area contributed by atoms with Crippen molar-refractivity contribution in [2.24, 2.45) is 5.92 Å². The van der Waals surface area contributed by atoms with E-state index >= 15 is 0 Å². The number of carbonyl (C=O) groups excluding carboxylic acids is 1. The lowest BCUT2D eigenvalue weighted by atomic mass is 9.89. The first-order chi connectivity index (χ1) is 8.96. The summed E-state index contributed by atoms with van der Waals surface area (Å²) in [5.74, 6) is -0.900. The second kappa shape index (κ2) is 5.21. The van der Waals surface area contributed by atoms with E-state index in [4.69, 9.17) is 9.47 Å². The lowest BCUT2D eigenvalue weighted by Gasteiger charge is -2.16. The van der Waals surface area contributed by atoms with Gasteiger partial charge in [-0.15, -0.1) is 0 Å². The zero-order valence-corrected chi connectivity index (χ0v) is 11.6. The van der Waals surface area contributed by atoms with Crippen LogP contribution in [0.2, 0.25) is 0 Å². The molecular weight excluding hydrogens is 268 g/mol. The molecule has 0 spiro atoms. The number of esters is 1. The minimum atomic E-state index is -3.20. The Bertz CT molecular complexity index is 561. The Morgan fingerprint density at radius 1 is 1.16 bits per heavy atom. The minimum absolute atomic E-state index is 0.0148. The van der Waals surface area contributed by atoms with E-state index in [1.54, 1.807) is 31.4 Å². The van der Waals surface area contributed by atoms with Gasteiger partial charge >= 0.3 is 5.97 Å². The van der Waals surface area contributed by atoms with Crippen molar-refractivity contribution in [3.8, 4) is 5.75 Å². The predicted octanol–water partition coefficient (Wildman–Crippen LogP) is 0.996. The van der Waals surface area contributed by atoms with Gasteiger partial charge in [0.15, 0.2) is 9.84 Å². The molecule has 0 amide bonds. The number of hydrogen-bond donors (Lipinski definition) is 0. The first-order valence-corrected chi connectivity index (χ1v) is 7.71. The Kier molecular flexibility index (Phi) is 3.80. The molecular formula is C13H16O5S. The molecule has 0 unspecified atom stereocenters. The number of methoxy groups -OCH3 is 2. The molecule has 1 aromatic carbocycles. The normalized spacial score (nSPS) is 24.9. The van der Waals surface area contributed by atoms with Crippen LogP contribution in [0.4, 0.5) is 0 Å². The van der Waals surface area contributed by atoms with Gasteiger partial charge in [0.2, 0.25) is 0 Å². The van der Waals surface area contributed by atoms with Crippen molar-refractivity contribution < 1.29 is 22.7 Å². The maximum Gasteiger partial charge on any atom is 0.310 e. The average Bonchev–Trinajstić information content (AvgIpc) is 2.74. The van der Waals surface area contributed by atoms with Gasteiger partial charge in [0.1, 0.15) is 5.75 Å². The highest BCUT2D eigenvalue weighted by molar-refractivity contribution is 7.91. The summed E-state index contributed by atoms with van der Waals surface area (Å²) < 4.78 is 33.2. The summed E-state index contributed by atoms with van der Waals surface area (Å²) in [6, 6.07) is 7.10. The second-order valence-corrected chi connectivity index (χ2v) is 6.74. The Labute approximate surface area is 112 Å². The van der Waals surface area contributed by atoms with Gasteiger partial charge < -0.3 is 9.47 Å². The summed E-state index contributed by atoms with van der Waals surface area (Å²) >= 11 is 0. The number of benzene rings is 1. The van der Waals surface area contributed by atoms with Crippen LogP contribution >= 0.6 is 0 Å². The van der Waals surface area contributed by atoms with Gasteiger partial charge in [0.25, 0.3) is 0 Å². The van der Waals surface area contributed by atoms with E-state index in [2.05, 4.69) is 0 Å². The van der Waals surface area contributed by atoms with Crippen LogP contribution in [0.25, 0.3) is 0 Å². The highest BCUT2D eigenvalue weighted by Crippen LogP contribution is 2.35. The van der Waals surface area contributed by atoms with Crippen LogP contribution in [0.1, 0.15) is 11.5 Å². The molecule has 2 rings (SSSR count). The summed E-state index contributed by atoms with van der Waals surface area (Å²) in [6.45, 7) is 0. The highest BCUT2D eigenvalue weighted by atomic mass is 32.2. The van der Waals surface area contributed by atoms with E-state index in [-0.39, 0.29) is 17.4 Å². The standard InChI is InChI=1S/C13H16O5S/c1-17-10-5-3-9(4-6-10)11-7-19(15,16)8-12(11)13(14)18-2/h3-6,11-12H,7-8H2,1-2H3/t11-,12-/m1/s1. The molecule has 0 radical (unpaired) electrons. The Hall–Kier alpha value is -1.56. The van der Waals surface area contributed by atoms with Crippen LogP contribution in [0, 0.1) is 5.92 Å². The van der Waals surface area contributed by atoms with Gasteiger partial charge in [0, 0.05) is 5.92 Å². The number of ether oxygens (including phenoxy) is 2. The van der Waals surface area contributed by atoms with Crippen molar-refractivity contribution in [3.05, 3.63) is 29.8 Å². The fourth-order valence-electron chi connectivity index (χ4n) is 2.41. The molecule has 0 aliphatic carbocycles. The molecule has 1 aliphatic heterocycles. The van der Waals surface area contributed by atoms with Gasteiger partial charge in [0.05, 0.1) is 31.6 Å². The maximum absolute atomic E-state index is 11.7. The summed E-state index contributed by atoms with van der Waals surface area (Å²) in [4.78, 5) is 11.7. The molecule has 19 heavy (non-hydrogen) atoms. The third-order valence-corrected chi connectivity index (χ3v) is 5.13. The summed E-state index contributed by atoms with van der Waals surface area (Å²) in [7, 11) is -0.358. The van der Waals surface area contributed by atoms with Crippen molar-refractivity contribution in [1.29, 1.82) is 0 Å². The van der Waals surface area contributed by atoms with Gasteiger partial charge in [-0.05, 0) is 17.7 Å². The molecule has 6 heteroatoms. The maximum atomic E-state index is 11.7. The zero-order valence-electron chi connectivity index (χ0n) is 10.8. The van der Waals surface area contributed by atoms with Crippen LogP contribution in [0.3, 0.4) is 0 Å². The van der Waals surface area contributed by atoms with E-state index in [0.29, 0.717) is 5.75 Å². The quantitative estimate of drug-likeness (QED) is 0.774. The molecule has 1 heterocycles. The number of rotatable bonds is 3. The van der Waals surface area contributed by atoms with Gasteiger partial charge in [-0.25, -0.2) is 8.42 Å². The van der Waals surface area contributed by atoms with Gasteiger partial charge in [-0.1, -0.05) is 12.1 Å². The van der Waals surface area contributed by atoms with Crippen molar-refractivity contribution >= 4 is 15.8 Å². The van der Waals surface area contributed by atoms with Crippen LogP contribution < -0.4 is 4.74 Å². The first-order valence-electron chi connectivity index (χ1n) is 5.89. The van der Waals surface area contributed by atoms with Crippen LogP contribution in [0.15, 0.2) is 24.3 Å². The average molecular weight is 284 g/mol. The first kappa shape index (κ1) is 13.9. The smallest absolute Gasteiger partial charge is 0.310 e. The molecule has 1 fully saturated rings. The molecule has 1 aromatic rings. The fraction of sp³-hybridized carbons (Fsp3) is 0.462. The van der Waals surface area contributed by atoms with Gasteiger partial charge in [-0.2, -0.15) is 0 Å². The third kappa shape index (κ3) is 2.89. The lowest BCUT2D eigenvalue weighted by Crippen LogP contribution is -2.22. The summed E-state index contributed by atoms with van der Waals surface area (Å²) in [5, 5.41) is 0. The number of hydrogen-bond acceptors (Lipinski definition) is 5. The monoisotopic (exact) mass is 284 g/mol. The predicted molar refractivity (Wildman–Crippen MR) is 69.9 cm³/mol. The summed E-state index contributed by atoms with van der Waals surface area (Å²) in [6.07, 6.45) is 0. The molecule has 104 valence electrons. The van der Waals surface area contributed by atoms with E-state index in [9.17, 15) is 13.2 Å². The minimum Gasteiger partial charge on any atom is -0.497 e. The number of sulfone groups is 1. The van der Waals surface area contributed by atoms with Crippen molar-refractivity contribution in [2.75, 3.05) is 25.7 Å². The third-order valence-electron chi connectivity index (χ3n) is 3.40. The molecule has 5 nitrogen and oxygen atoms in total. The lowest BCUT2D eigenvalue weighted by molar-refractivity contribution is -0.145. The fourth-order valence-corrected chi connectivity index (χ4v) is 4.43. The Morgan fingerprint density at radius 3 is 2.32 bits per heavy atom. The summed E-state index contributed by atoms with van der Waals surface area (Å²) in [5.41, 5.74) is 0.817. The van der Waals surface area contributed by atoms with Crippen LogP contribution in [0.5, 0.6) is 5.75 Å². The molecule has 1 saturated heterocycles. The van der Waals surface area contributed by atoms with Crippen LogP contribution in [-0.2, 0) is 19.4 Å². The number of carbonyl (C=O) groups is 1. The van der Waals surface area contributed by atoms with E-state index in [1.807, 2.05) is 0 Å². The molecule has 0 N–H and O–H groups in total. The van der Waals surface area contributed by atoms with E-state index in [1.165, 1.54) is 7.11 Å². The van der Waals surface area contributed by atoms with E-state index < -0.39 is 21.7 Å². The molecule has 0 aromatic heterocycles. The second-order valence-electron chi connectivity index (χ2n) is 4.59. The molecule has 1 aliphatic rings. The topological polar surface area (TPSA) is 69.7 Å². The van der Waals surface area contributed by atoms with E-state index in [0.717, 1.165) is 5.56 Å².